The van der Waals surface area contributed by atoms with Gasteiger partial charge in [-0.25, -0.2) is 0 Å². The van der Waals surface area contributed by atoms with E-state index in [9.17, 15) is 9.59 Å². The van der Waals surface area contributed by atoms with E-state index < -0.39 is 5.92 Å². The highest BCUT2D eigenvalue weighted by molar-refractivity contribution is 6.31. The number of nitrogens with one attached hydrogen (secondary N) is 1. The Morgan fingerprint density at radius 1 is 1.28 bits per heavy atom. The molecule has 0 aliphatic carbocycles. The molecule has 0 unspecified atom stereocenters. The van der Waals surface area contributed by atoms with E-state index in [4.69, 9.17) is 16.1 Å². The highest BCUT2D eigenvalue weighted by Crippen LogP contribution is 2.28. The lowest BCUT2D eigenvalue weighted by molar-refractivity contribution is -0.122. The van der Waals surface area contributed by atoms with Crippen molar-refractivity contribution in [3.05, 3.63) is 59.4 Å². The van der Waals surface area contributed by atoms with E-state index in [0.29, 0.717) is 41.1 Å². The third-order valence-electron chi connectivity index (χ3n) is 4.77. The van der Waals surface area contributed by atoms with Crippen molar-refractivity contribution >= 4 is 34.8 Å². The Bertz CT molecular complexity index is 1070. The average molecular weight is 411 g/mol. The van der Waals surface area contributed by atoms with Crippen LogP contribution in [-0.2, 0) is 16.0 Å². The second-order valence-electron chi connectivity index (χ2n) is 6.82. The highest BCUT2D eigenvalue weighted by Gasteiger charge is 2.35. The molecule has 4 rings (SSSR count). The molecule has 2 heterocycles. The first-order valence-corrected chi connectivity index (χ1v) is 9.71. The number of anilines is 2. The summed E-state index contributed by atoms with van der Waals surface area (Å²) in [5.74, 6) is 0.283. The SMILES string of the molecule is CCc1nc(-c2cccc(NC(=O)[C@H]3CC(=O)N(c4cccc(Cl)c4)C3)c2)no1. The topological polar surface area (TPSA) is 88.3 Å². The number of nitrogens with zero attached hydrogens (tertiary/aromatic N) is 3. The van der Waals surface area contributed by atoms with Gasteiger partial charge in [-0.3, -0.25) is 9.59 Å². The van der Waals surface area contributed by atoms with Gasteiger partial charge in [-0.15, -0.1) is 0 Å². The first-order valence-electron chi connectivity index (χ1n) is 9.33. The highest BCUT2D eigenvalue weighted by atomic mass is 35.5. The number of rotatable bonds is 5. The van der Waals surface area contributed by atoms with E-state index in [2.05, 4.69) is 15.5 Å². The number of halogens is 1. The summed E-state index contributed by atoms with van der Waals surface area (Å²) in [5.41, 5.74) is 2.06. The number of carbonyl (C=O) groups excluding carboxylic acids is 2. The van der Waals surface area contributed by atoms with Gasteiger partial charge in [0.1, 0.15) is 0 Å². The summed E-state index contributed by atoms with van der Waals surface area (Å²) in [6.07, 6.45) is 0.811. The number of amides is 2. The molecule has 2 amide bonds. The molecule has 1 fully saturated rings. The minimum absolute atomic E-state index is 0.0972. The Morgan fingerprint density at radius 2 is 2.10 bits per heavy atom. The zero-order valence-corrected chi connectivity index (χ0v) is 16.5. The molecule has 8 heteroatoms. The first kappa shape index (κ1) is 19.1. The lowest BCUT2D eigenvalue weighted by Crippen LogP contribution is -2.28. The summed E-state index contributed by atoms with van der Waals surface area (Å²) in [7, 11) is 0. The smallest absolute Gasteiger partial charge is 0.229 e. The second-order valence-corrected chi connectivity index (χ2v) is 7.26. The predicted octanol–water partition coefficient (Wildman–Crippen LogP) is 3.94. The molecule has 29 heavy (non-hydrogen) atoms. The van der Waals surface area contributed by atoms with Crippen LogP contribution in [0.2, 0.25) is 5.02 Å². The van der Waals surface area contributed by atoms with Crippen molar-refractivity contribution in [1.29, 1.82) is 0 Å². The van der Waals surface area contributed by atoms with E-state index in [0.717, 1.165) is 5.56 Å². The van der Waals surface area contributed by atoms with Crippen molar-refractivity contribution in [3.63, 3.8) is 0 Å². The Kier molecular flexibility index (Phi) is 5.31. The summed E-state index contributed by atoms with van der Waals surface area (Å²) in [6.45, 7) is 2.25. The molecular weight excluding hydrogens is 392 g/mol. The van der Waals surface area contributed by atoms with Crippen LogP contribution in [-0.4, -0.2) is 28.5 Å². The normalized spacial score (nSPS) is 16.3. The quantitative estimate of drug-likeness (QED) is 0.688. The minimum Gasteiger partial charge on any atom is -0.339 e. The number of hydrogen-bond donors (Lipinski definition) is 1. The Morgan fingerprint density at radius 3 is 2.86 bits per heavy atom. The average Bonchev–Trinajstić information content (AvgIpc) is 3.35. The van der Waals surface area contributed by atoms with Crippen LogP contribution in [0.1, 0.15) is 19.2 Å². The van der Waals surface area contributed by atoms with Crippen LogP contribution in [0.5, 0.6) is 0 Å². The molecule has 1 N–H and O–H groups in total. The first-order chi connectivity index (χ1) is 14.0. The fourth-order valence-corrected chi connectivity index (χ4v) is 3.46. The molecule has 1 aliphatic rings. The van der Waals surface area contributed by atoms with Crippen molar-refractivity contribution in [2.45, 2.75) is 19.8 Å². The van der Waals surface area contributed by atoms with Gasteiger partial charge in [0.15, 0.2) is 0 Å². The zero-order valence-electron chi connectivity index (χ0n) is 15.8. The van der Waals surface area contributed by atoms with Gasteiger partial charge in [0.25, 0.3) is 0 Å². The van der Waals surface area contributed by atoms with E-state index in [1.54, 1.807) is 35.2 Å². The summed E-state index contributed by atoms with van der Waals surface area (Å²) in [4.78, 5) is 31.0. The number of aromatic nitrogens is 2. The molecular formula is C21H19ClN4O3. The predicted molar refractivity (Wildman–Crippen MR) is 110 cm³/mol. The van der Waals surface area contributed by atoms with Crippen molar-refractivity contribution in [1.82, 2.24) is 10.1 Å². The number of carbonyl (C=O) groups is 2. The van der Waals surface area contributed by atoms with Gasteiger partial charge in [-0.2, -0.15) is 4.98 Å². The lowest BCUT2D eigenvalue weighted by Gasteiger charge is -2.17. The largest absolute Gasteiger partial charge is 0.339 e. The van der Waals surface area contributed by atoms with Crippen LogP contribution < -0.4 is 10.2 Å². The van der Waals surface area contributed by atoms with Gasteiger partial charge in [-0.05, 0) is 30.3 Å². The molecule has 3 aromatic rings. The number of hydrogen-bond acceptors (Lipinski definition) is 5. The third kappa shape index (κ3) is 4.14. The van der Waals surface area contributed by atoms with E-state index in [-0.39, 0.29) is 18.2 Å². The molecule has 0 radical (unpaired) electrons. The van der Waals surface area contributed by atoms with E-state index in [1.807, 2.05) is 25.1 Å². The van der Waals surface area contributed by atoms with Crippen LogP contribution in [0.25, 0.3) is 11.4 Å². The molecule has 0 spiro atoms. The molecule has 2 aromatic carbocycles. The number of aryl methyl sites for hydroxylation is 1. The molecule has 148 valence electrons. The fourth-order valence-electron chi connectivity index (χ4n) is 3.27. The van der Waals surface area contributed by atoms with Gasteiger partial charge < -0.3 is 14.7 Å². The molecule has 7 nitrogen and oxygen atoms in total. The van der Waals surface area contributed by atoms with Gasteiger partial charge in [0.05, 0.1) is 5.92 Å². The van der Waals surface area contributed by atoms with E-state index >= 15 is 0 Å². The van der Waals surface area contributed by atoms with Crippen LogP contribution >= 0.6 is 11.6 Å². The standard InChI is InChI=1S/C21H19ClN4O3/c1-2-18-24-20(25-29-18)13-5-3-7-16(9-13)23-21(28)14-10-19(27)26(12-14)17-8-4-6-15(22)11-17/h3-9,11,14H,2,10,12H2,1H3,(H,23,28)/t14-/m0/s1. The van der Waals surface area contributed by atoms with Gasteiger partial charge in [0, 0.05) is 41.3 Å². The zero-order chi connectivity index (χ0) is 20.4. The molecule has 1 aliphatic heterocycles. The lowest BCUT2D eigenvalue weighted by atomic mass is 10.1. The van der Waals surface area contributed by atoms with Crippen molar-refractivity contribution in [2.24, 2.45) is 5.92 Å². The van der Waals surface area contributed by atoms with Crippen molar-refractivity contribution in [3.8, 4) is 11.4 Å². The molecule has 1 atom stereocenters. The maximum absolute atomic E-state index is 12.7. The summed E-state index contributed by atoms with van der Waals surface area (Å²) < 4.78 is 5.14. The van der Waals surface area contributed by atoms with Gasteiger partial charge in [0.2, 0.25) is 23.5 Å². The fraction of sp³-hybridized carbons (Fsp3) is 0.238. The van der Waals surface area contributed by atoms with Crippen molar-refractivity contribution in [2.75, 3.05) is 16.8 Å². The maximum atomic E-state index is 12.7. The molecule has 1 aromatic heterocycles. The van der Waals surface area contributed by atoms with Gasteiger partial charge >= 0.3 is 0 Å². The number of benzene rings is 2. The van der Waals surface area contributed by atoms with Crippen molar-refractivity contribution < 1.29 is 14.1 Å². The van der Waals surface area contributed by atoms with Crippen LogP contribution in [0, 0.1) is 5.92 Å². The Balaban J connectivity index is 1.46. The van der Waals surface area contributed by atoms with Crippen LogP contribution in [0.3, 0.4) is 0 Å². The van der Waals surface area contributed by atoms with Crippen LogP contribution in [0.15, 0.2) is 53.1 Å². The monoisotopic (exact) mass is 410 g/mol. The van der Waals surface area contributed by atoms with Gasteiger partial charge in [-0.1, -0.05) is 41.9 Å². The maximum Gasteiger partial charge on any atom is 0.229 e. The summed E-state index contributed by atoms with van der Waals surface area (Å²) in [6, 6.07) is 14.3. The molecule has 0 bridgehead atoms. The Hall–Kier alpha value is -3.19. The summed E-state index contributed by atoms with van der Waals surface area (Å²) >= 11 is 6.02. The van der Waals surface area contributed by atoms with E-state index in [1.165, 1.54) is 0 Å². The third-order valence-corrected chi connectivity index (χ3v) is 5.01. The minimum atomic E-state index is -0.443. The van der Waals surface area contributed by atoms with Crippen LogP contribution in [0.4, 0.5) is 11.4 Å². The molecule has 0 saturated carbocycles. The summed E-state index contributed by atoms with van der Waals surface area (Å²) in [5, 5.41) is 7.39. The Labute approximate surface area is 172 Å². The second kappa shape index (κ2) is 8.05. The molecule has 1 saturated heterocycles.